The number of nitrogens with zero attached hydrogens (tertiary/aromatic N) is 3. The first kappa shape index (κ1) is 15.0. The third kappa shape index (κ3) is 4.03. The Balaban J connectivity index is 2.01. The molecule has 1 saturated heterocycles. The quantitative estimate of drug-likeness (QED) is 0.748. The first-order valence-corrected chi connectivity index (χ1v) is 6.83. The Hall–Kier alpha value is -1.44. The van der Waals surface area contributed by atoms with Crippen molar-refractivity contribution in [2.24, 2.45) is 5.73 Å². The van der Waals surface area contributed by atoms with Crippen LogP contribution in [0.1, 0.15) is 18.9 Å². The van der Waals surface area contributed by atoms with Crippen LogP contribution in [-0.2, 0) is 22.6 Å². The lowest BCUT2D eigenvalue weighted by atomic mass is 10.00. The van der Waals surface area contributed by atoms with Crippen molar-refractivity contribution >= 4 is 5.91 Å². The van der Waals surface area contributed by atoms with Gasteiger partial charge in [-0.3, -0.25) is 14.4 Å². The minimum Gasteiger partial charge on any atom is -0.386 e. The fourth-order valence-electron chi connectivity index (χ4n) is 2.48. The largest absolute Gasteiger partial charge is 0.386 e. The summed E-state index contributed by atoms with van der Waals surface area (Å²) >= 11 is 0. The van der Waals surface area contributed by atoms with Gasteiger partial charge in [0, 0.05) is 37.9 Å². The van der Waals surface area contributed by atoms with E-state index in [0.717, 1.165) is 12.1 Å². The Morgan fingerprint density at radius 3 is 3.10 bits per heavy atom. The number of amides is 1. The maximum absolute atomic E-state index is 11.1. The molecule has 1 aliphatic heterocycles. The van der Waals surface area contributed by atoms with Crippen molar-refractivity contribution in [2.75, 3.05) is 26.3 Å². The van der Waals surface area contributed by atoms with Crippen molar-refractivity contribution < 1.29 is 14.6 Å². The van der Waals surface area contributed by atoms with E-state index in [2.05, 4.69) is 10.00 Å². The predicted octanol–water partition coefficient (Wildman–Crippen LogP) is -0.658. The zero-order valence-corrected chi connectivity index (χ0v) is 11.8. The van der Waals surface area contributed by atoms with Gasteiger partial charge in [0.1, 0.15) is 5.60 Å². The number of hydrogen-bond donors (Lipinski definition) is 2. The molecule has 1 atom stereocenters. The van der Waals surface area contributed by atoms with Gasteiger partial charge in [0.05, 0.1) is 25.8 Å². The molecule has 0 bridgehead atoms. The van der Waals surface area contributed by atoms with E-state index < -0.39 is 11.5 Å². The summed E-state index contributed by atoms with van der Waals surface area (Å²) in [6.45, 7) is 5.27. The lowest BCUT2D eigenvalue weighted by molar-refractivity contribution is -0.125. The molecule has 7 nitrogen and oxygen atoms in total. The SMILES string of the molecule is CCn1cc(CN2CCOC[C@@](O)(CC(N)=O)C2)cn1. The molecule has 0 spiro atoms. The topological polar surface area (TPSA) is 93.6 Å². The van der Waals surface area contributed by atoms with Gasteiger partial charge in [-0.15, -0.1) is 0 Å². The summed E-state index contributed by atoms with van der Waals surface area (Å²) in [5.41, 5.74) is 5.07. The van der Waals surface area contributed by atoms with Crippen LogP contribution in [-0.4, -0.2) is 57.6 Å². The number of primary amides is 1. The number of nitrogens with two attached hydrogens (primary N) is 1. The van der Waals surface area contributed by atoms with E-state index in [4.69, 9.17) is 10.5 Å². The molecule has 112 valence electrons. The molecule has 1 aliphatic rings. The first-order valence-electron chi connectivity index (χ1n) is 6.83. The summed E-state index contributed by atoms with van der Waals surface area (Å²) < 4.78 is 7.25. The molecule has 1 aromatic heterocycles. The Labute approximate surface area is 118 Å². The smallest absolute Gasteiger partial charge is 0.220 e. The summed E-state index contributed by atoms with van der Waals surface area (Å²) in [6.07, 6.45) is 3.72. The maximum Gasteiger partial charge on any atom is 0.220 e. The summed E-state index contributed by atoms with van der Waals surface area (Å²) in [5, 5.41) is 14.7. The van der Waals surface area contributed by atoms with Crippen molar-refractivity contribution in [3.05, 3.63) is 18.0 Å². The summed E-state index contributed by atoms with van der Waals surface area (Å²) in [6, 6.07) is 0. The zero-order chi connectivity index (χ0) is 14.6. The molecule has 1 fully saturated rings. The highest BCUT2D eigenvalue weighted by Crippen LogP contribution is 2.18. The molecule has 0 unspecified atom stereocenters. The van der Waals surface area contributed by atoms with E-state index in [-0.39, 0.29) is 13.0 Å². The number of carbonyl (C=O) groups excluding carboxylic acids is 1. The monoisotopic (exact) mass is 282 g/mol. The fraction of sp³-hybridized carbons (Fsp3) is 0.692. The van der Waals surface area contributed by atoms with E-state index >= 15 is 0 Å². The number of aromatic nitrogens is 2. The van der Waals surface area contributed by atoms with Gasteiger partial charge in [0.2, 0.25) is 5.91 Å². The van der Waals surface area contributed by atoms with Gasteiger partial charge in [-0.2, -0.15) is 5.10 Å². The van der Waals surface area contributed by atoms with Crippen molar-refractivity contribution in [1.29, 1.82) is 0 Å². The van der Waals surface area contributed by atoms with Crippen molar-refractivity contribution in [3.63, 3.8) is 0 Å². The number of aryl methyl sites for hydroxylation is 1. The second-order valence-corrected chi connectivity index (χ2v) is 5.33. The van der Waals surface area contributed by atoms with E-state index in [9.17, 15) is 9.90 Å². The van der Waals surface area contributed by atoms with Gasteiger partial charge in [0.15, 0.2) is 0 Å². The Bertz CT molecular complexity index is 462. The lowest BCUT2D eigenvalue weighted by Gasteiger charge is -2.29. The van der Waals surface area contributed by atoms with E-state index in [1.165, 1.54) is 0 Å². The molecule has 1 aromatic rings. The number of rotatable bonds is 5. The van der Waals surface area contributed by atoms with E-state index in [1.807, 2.05) is 24.0 Å². The molecule has 2 rings (SSSR count). The molecule has 3 N–H and O–H groups in total. The van der Waals surface area contributed by atoms with Crippen LogP contribution in [0.3, 0.4) is 0 Å². The standard InChI is InChI=1S/C13H22N4O3/c1-2-17-8-11(6-15-17)7-16-3-4-20-10-13(19,9-16)5-12(14)18/h6,8,19H,2-5,7,9-10H2,1H3,(H2,14,18)/t13-/m1/s1. The highest BCUT2D eigenvalue weighted by atomic mass is 16.5. The third-order valence-electron chi connectivity index (χ3n) is 3.36. The van der Waals surface area contributed by atoms with Crippen LogP contribution in [0.25, 0.3) is 0 Å². The Kier molecular flexibility index (Phi) is 4.74. The van der Waals surface area contributed by atoms with Crippen LogP contribution in [0, 0.1) is 0 Å². The normalized spacial score (nSPS) is 24.5. The lowest BCUT2D eigenvalue weighted by Crippen LogP contribution is -2.46. The summed E-state index contributed by atoms with van der Waals surface area (Å²) in [5.74, 6) is -0.517. The van der Waals surface area contributed by atoms with Crippen LogP contribution in [0.15, 0.2) is 12.4 Å². The maximum atomic E-state index is 11.1. The average molecular weight is 282 g/mol. The molecular weight excluding hydrogens is 260 g/mol. The molecule has 0 saturated carbocycles. The number of hydrogen-bond acceptors (Lipinski definition) is 5. The van der Waals surface area contributed by atoms with Crippen LogP contribution >= 0.6 is 0 Å². The van der Waals surface area contributed by atoms with Gasteiger partial charge in [-0.25, -0.2) is 0 Å². The molecule has 20 heavy (non-hydrogen) atoms. The predicted molar refractivity (Wildman–Crippen MR) is 72.8 cm³/mol. The van der Waals surface area contributed by atoms with E-state index in [0.29, 0.717) is 26.2 Å². The molecule has 2 heterocycles. The minimum absolute atomic E-state index is 0.0856. The van der Waals surface area contributed by atoms with Crippen molar-refractivity contribution in [3.8, 4) is 0 Å². The van der Waals surface area contributed by atoms with Crippen molar-refractivity contribution in [1.82, 2.24) is 14.7 Å². The molecule has 0 aliphatic carbocycles. The van der Waals surface area contributed by atoms with Crippen LogP contribution in [0.5, 0.6) is 0 Å². The molecule has 1 amide bonds. The third-order valence-corrected chi connectivity index (χ3v) is 3.36. The summed E-state index contributed by atoms with van der Waals surface area (Å²) in [7, 11) is 0. The second kappa shape index (κ2) is 6.34. The van der Waals surface area contributed by atoms with Gasteiger partial charge >= 0.3 is 0 Å². The average Bonchev–Trinajstić information content (AvgIpc) is 2.73. The fourth-order valence-corrected chi connectivity index (χ4v) is 2.48. The molecular formula is C13H22N4O3. The number of β-amino-alcohol motifs (C(OH)–C–C–N with tert-alkyl or cyclic N) is 1. The number of ether oxygens (including phenoxy) is 1. The van der Waals surface area contributed by atoms with Crippen LogP contribution in [0.2, 0.25) is 0 Å². The molecule has 0 aromatic carbocycles. The first-order chi connectivity index (χ1) is 9.50. The van der Waals surface area contributed by atoms with Crippen LogP contribution < -0.4 is 5.73 Å². The van der Waals surface area contributed by atoms with Gasteiger partial charge in [0.25, 0.3) is 0 Å². The molecule has 7 heteroatoms. The van der Waals surface area contributed by atoms with Gasteiger partial charge < -0.3 is 15.6 Å². The second-order valence-electron chi connectivity index (χ2n) is 5.33. The van der Waals surface area contributed by atoms with Gasteiger partial charge in [-0.1, -0.05) is 0 Å². The number of carbonyl (C=O) groups is 1. The minimum atomic E-state index is -1.21. The highest BCUT2D eigenvalue weighted by Gasteiger charge is 2.34. The summed E-state index contributed by atoms with van der Waals surface area (Å²) in [4.78, 5) is 13.1. The van der Waals surface area contributed by atoms with Gasteiger partial charge in [-0.05, 0) is 6.92 Å². The Morgan fingerprint density at radius 1 is 1.65 bits per heavy atom. The highest BCUT2D eigenvalue weighted by molar-refractivity contribution is 5.75. The van der Waals surface area contributed by atoms with Crippen LogP contribution in [0.4, 0.5) is 0 Å². The molecule has 0 radical (unpaired) electrons. The zero-order valence-electron chi connectivity index (χ0n) is 11.8. The number of aliphatic hydroxyl groups is 1. The van der Waals surface area contributed by atoms with Crippen molar-refractivity contribution in [2.45, 2.75) is 32.0 Å². The Morgan fingerprint density at radius 2 is 2.45 bits per heavy atom. The van der Waals surface area contributed by atoms with E-state index in [1.54, 1.807) is 0 Å².